The van der Waals surface area contributed by atoms with E-state index >= 15 is 0 Å². The van der Waals surface area contributed by atoms with Crippen LogP contribution in [-0.2, 0) is 24.4 Å². The number of hydrogen-bond acceptors (Lipinski definition) is 3. The van der Waals surface area contributed by atoms with E-state index in [1.807, 2.05) is 44.2 Å². The SMILES string of the molecule is CCc1c(COCc2ccccc2)cnc(C)c1O. The Kier molecular flexibility index (Phi) is 4.53. The molecule has 0 bridgehead atoms. The molecule has 0 aliphatic rings. The van der Waals surface area contributed by atoms with Crippen LogP contribution in [0.15, 0.2) is 36.5 Å². The minimum Gasteiger partial charge on any atom is -0.506 e. The van der Waals surface area contributed by atoms with Crippen molar-refractivity contribution in [1.82, 2.24) is 4.98 Å². The molecule has 1 heterocycles. The number of ether oxygens (including phenoxy) is 1. The third-order valence-electron chi connectivity index (χ3n) is 3.15. The van der Waals surface area contributed by atoms with Crippen molar-refractivity contribution in [1.29, 1.82) is 0 Å². The lowest BCUT2D eigenvalue weighted by molar-refractivity contribution is 0.106. The van der Waals surface area contributed by atoms with Crippen LogP contribution >= 0.6 is 0 Å². The van der Waals surface area contributed by atoms with Gasteiger partial charge in [-0.1, -0.05) is 37.3 Å². The highest BCUT2D eigenvalue weighted by Crippen LogP contribution is 2.24. The minimum atomic E-state index is 0.295. The summed E-state index contributed by atoms with van der Waals surface area (Å²) in [5.41, 5.74) is 3.70. The summed E-state index contributed by atoms with van der Waals surface area (Å²) < 4.78 is 5.69. The predicted octanol–water partition coefficient (Wildman–Crippen LogP) is 3.37. The number of nitrogens with zero attached hydrogens (tertiary/aromatic N) is 1. The highest BCUT2D eigenvalue weighted by atomic mass is 16.5. The molecule has 1 aromatic heterocycles. The van der Waals surface area contributed by atoms with E-state index in [4.69, 9.17) is 4.74 Å². The molecule has 0 atom stereocenters. The predicted molar refractivity (Wildman–Crippen MR) is 75.0 cm³/mol. The van der Waals surface area contributed by atoms with Gasteiger partial charge in [0.05, 0.1) is 18.9 Å². The van der Waals surface area contributed by atoms with E-state index in [1.165, 1.54) is 0 Å². The van der Waals surface area contributed by atoms with Crippen molar-refractivity contribution < 1.29 is 9.84 Å². The van der Waals surface area contributed by atoms with Crippen molar-refractivity contribution in [3.63, 3.8) is 0 Å². The van der Waals surface area contributed by atoms with E-state index in [-0.39, 0.29) is 0 Å². The van der Waals surface area contributed by atoms with E-state index < -0.39 is 0 Å². The number of rotatable bonds is 5. The lowest BCUT2D eigenvalue weighted by Gasteiger charge is -2.11. The number of benzene rings is 1. The molecular weight excluding hydrogens is 238 g/mol. The highest BCUT2D eigenvalue weighted by molar-refractivity contribution is 5.40. The zero-order chi connectivity index (χ0) is 13.7. The normalized spacial score (nSPS) is 10.6. The first kappa shape index (κ1) is 13.6. The lowest BCUT2D eigenvalue weighted by atomic mass is 10.1. The summed E-state index contributed by atoms with van der Waals surface area (Å²) in [5.74, 6) is 0.295. The average molecular weight is 257 g/mol. The first-order chi connectivity index (χ1) is 9.22. The molecule has 3 heteroatoms. The molecule has 0 amide bonds. The molecule has 2 rings (SSSR count). The van der Waals surface area contributed by atoms with Crippen molar-refractivity contribution in [2.24, 2.45) is 0 Å². The van der Waals surface area contributed by atoms with Gasteiger partial charge >= 0.3 is 0 Å². The van der Waals surface area contributed by atoms with E-state index in [2.05, 4.69) is 4.98 Å². The maximum absolute atomic E-state index is 9.98. The third kappa shape index (κ3) is 3.32. The fourth-order valence-electron chi connectivity index (χ4n) is 2.06. The summed E-state index contributed by atoms with van der Waals surface area (Å²) in [7, 11) is 0. The van der Waals surface area contributed by atoms with E-state index in [1.54, 1.807) is 6.20 Å². The van der Waals surface area contributed by atoms with Gasteiger partial charge in [-0.15, -0.1) is 0 Å². The summed E-state index contributed by atoms with van der Waals surface area (Å²) in [5, 5.41) is 9.98. The van der Waals surface area contributed by atoms with Crippen LogP contribution in [0.5, 0.6) is 5.75 Å². The molecule has 0 aliphatic carbocycles. The van der Waals surface area contributed by atoms with Crippen molar-refractivity contribution in [2.45, 2.75) is 33.5 Å². The van der Waals surface area contributed by atoms with E-state index in [0.717, 1.165) is 23.1 Å². The van der Waals surface area contributed by atoms with Crippen LogP contribution in [0.25, 0.3) is 0 Å². The topological polar surface area (TPSA) is 42.4 Å². The molecule has 100 valence electrons. The number of pyridine rings is 1. The summed E-state index contributed by atoms with van der Waals surface area (Å²) in [6, 6.07) is 10.0. The summed E-state index contributed by atoms with van der Waals surface area (Å²) in [6.45, 7) is 4.87. The van der Waals surface area contributed by atoms with Crippen molar-refractivity contribution in [3.8, 4) is 5.75 Å². The fourth-order valence-corrected chi connectivity index (χ4v) is 2.06. The maximum atomic E-state index is 9.98. The molecule has 0 fully saturated rings. The van der Waals surface area contributed by atoms with Crippen LogP contribution in [0.1, 0.15) is 29.3 Å². The fraction of sp³-hybridized carbons (Fsp3) is 0.312. The second kappa shape index (κ2) is 6.34. The Bertz CT molecular complexity index is 538. The quantitative estimate of drug-likeness (QED) is 0.893. The molecule has 0 spiro atoms. The Morgan fingerprint density at radius 1 is 1.16 bits per heavy atom. The lowest BCUT2D eigenvalue weighted by Crippen LogP contribution is -2.01. The first-order valence-corrected chi connectivity index (χ1v) is 6.50. The van der Waals surface area contributed by atoms with Crippen LogP contribution < -0.4 is 0 Å². The van der Waals surface area contributed by atoms with Gasteiger partial charge in [-0.2, -0.15) is 0 Å². The van der Waals surface area contributed by atoms with Crippen molar-refractivity contribution >= 4 is 0 Å². The Balaban J connectivity index is 2.02. The Hall–Kier alpha value is -1.87. The number of aryl methyl sites for hydroxylation is 1. The van der Waals surface area contributed by atoms with Crippen LogP contribution in [0.2, 0.25) is 0 Å². The van der Waals surface area contributed by atoms with Gasteiger partial charge in [-0.3, -0.25) is 4.98 Å². The Morgan fingerprint density at radius 3 is 2.58 bits per heavy atom. The van der Waals surface area contributed by atoms with Crippen LogP contribution in [0.3, 0.4) is 0 Å². The van der Waals surface area contributed by atoms with Gasteiger partial charge in [0.2, 0.25) is 0 Å². The highest BCUT2D eigenvalue weighted by Gasteiger charge is 2.10. The number of hydrogen-bond donors (Lipinski definition) is 1. The van der Waals surface area contributed by atoms with E-state index in [9.17, 15) is 5.11 Å². The van der Waals surface area contributed by atoms with Gasteiger partial charge in [-0.25, -0.2) is 0 Å². The largest absolute Gasteiger partial charge is 0.506 e. The smallest absolute Gasteiger partial charge is 0.140 e. The summed E-state index contributed by atoms with van der Waals surface area (Å²) in [6.07, 6.45) is 2.57. The van der Waals surface area contributed by atoms with Crippen LogP contribution in [0.4, 0.5) is 0 Å². The van der Waals surface area contributed by atoms with Gasteiger partial charge < -0.3 is 9.84 Å². The molecule has 0 unspecified atom stereocenters. The third-order valence-corrected chi connectivity index (χ3v) is 3.15. The van der Waals surface area contributed by atoms with Crippen molar-refractivity contribution in [3.05, 3.63) is 58.9 Å². The second-order valence-corrected chi connectivity index (χ2v) is 4.53. The second-order valence-electron chi connectivity index (χ2n) is 4.53. The summed E-state index contributed by atoms with van der Waals surface area (Å²) >= 11 is 0. The van der Waals surface area contributed by atoms with Gasteiger partial charge in [0, 0.05) is 17.3 Å². The molecule has 19 heavy (non-hydrogen) atoms. The van der Waals surface area contributed by atoms with Gasteiger partial charge in [-0.05, 0) is 18.9 Å². The molecule has 2 aromatic rings. The first-order valence-electron chi connectivity index (χ1n) is 6.50. The molecule has 0 saturated carbocycles. The van der Waals surface area contributed by atoms with Gasteiger partial charge in [0.15, 0.2) is 0 Å². The van der Waals surface area contributed by atoms with Crippen LogP contribution in [0, 0.1) is 6.92 Å². The molecule has 1 aromatic carbocycles. The molecule has 1 N–H and O–H groups in total. The zero-order valence-electron chi connectivity index (χ0n) is 11.4. The van der Waals surface area contributed by atoms with Crippen molar-refractivity contribution in [2.75, 3.05) is 0 Å². The molecule has 0 saturated heterocycles. The van der Waals surface area contributed by atoms with E-state index in [0.29, 0.717) is 24.7 Å². The number of aromatic hydroxyl groups is 1. The average Bonchev–Trinajstić information content (AvgIpc) is 2.44. The Morgan fingerprint density at radius 2 is 1.89 bits per heavy atom. The zero-order valence-corrected chi connectivity index (χ0v) is 11.4. The molecule has 0 aliphatic heterocycles. The number of aromatic nitrogens is 1. The van der Waals surface area contributed by atoms with Crippen LogP contribution in [-0.4, -0.2) is 10.1 Å². The molecule has 0 radical (unpaired) electrons. The standard InChI is InChI=1S/C16H19NO2/c1-3-15-14(9-17-12(2)16(15)18)11-19-10-13-7-5-4-6-8-13/h4-9,18H,3,10-11H2,1-2H3. The van der Waals surface area contributed by atoms with Gasteiger partial charge in [0.25, 0.3) is 0 Å². The summed E-state index contributed by atoms with van der Waals surface area (Å²) in [4.78, 5) is 4.18. The molecular formula is C16H19NO2. The minimum absolute atomic E-state index is 0.295. The van der Waals surface area contributed by atoms with Gasteiger partial charge in [0.1, 0.15) is 5.75 Å². The monoisotopic (exact) mass is 257 g/mol. The maximum Gasteiger partial charge on any atom is 0.140 e. The molecule has 3 nitrogen and oxygen atoms in total. The Labute approximate surface area is 113 Å².